The highest BCUT2D eigenvalue weighted by molar-refractivity contribution is 5.94. The van der Waals surface area contributed by atoms with Crippen molar-refractivity contribution in [1.29, 1.82) is 0 Å². The van der Waals surface area contributed by atoms with Crippen molar-refractivity contribution in [2.75, 3.05) is 24.5 Å². The van der Waals surface area contributed by atoms with E-state index in [9.17, 15) is 9.59 Å². The maximum absolute atomic E-state index is 12.7. The smallest absolute Gasteiger partial charge is 0.306 e. The van der Waals surface area contributed by atoms with Gasteiger partial charge in [-0.3, -0.25) is 9.59 Å². The fourth-order valence-corrected chi connectivity index (χ4v) is 3.52. The van der Waals surface area contributed by atoms with E-state index in [2.05, 4.69) is 24.0 Å². The molecule has 0 atom stereocenters. The Morgan fingerprint density at radius 2 is 1.67 bits per heavy atom. The van der Waals surface area contributed by atoms with Gasteiger partial charge in [-0.2, -0.15) is 0 Å². The molecular weight excluding hydrogens is 340 g/mol. The van der Waals surface area contributed by atoms with Gasteiger partial charge in [0.1, 0.15) is 0 Å². The highest BCUT2D eigenvalue weighted by atomic mass is 16.4. The van der Waals surface area contributed by atoms with E-state index in [0.717, 1.165) is 18.8 Å². The van der Waals surface area contributed by atoms with Crippen LogP contribution in [0.2, 0.25) is 0 Å². The molecule has 0 radical (unpaired) electrons. The number of nitrogens with zero attached hydrogens (tertiary/aromatic N) is 2. The standard InChI is InChI=1S/C22H26N2O3/c1-2-23(16-17-6-4-3-5-7-17)20-10-8-18(9-11-20)21(25)24-14-12-19(13-15-24)22(26)27/h3-11,19H,2,12-16H2,1H3,(H,26,27). The summed E-state index contributed by atoms with van der Waals surface area (Å²) in [5.74, 6) is -1.10. The van der Waals surface area contributed by atoms with Crippen LogP contribution in [0.25, 0.3) is 0 Å². The summed E-state index contributed by atoms with van der Waals surface area (Å²) < 4.78 is 0. The Morgan fingerprint density at radius 1 is 1.04 bits per heavy atom. The van der Waals surface area contributed by atoms with Crippen LogP contribution in [-0.2, 0) is 11.3 Å². The van der Waals surface area contributed by atoms with Crippen LogP contribution < -0.4 is 4.90 Å². The third kappa shape index (κ3) is 4.67. The Morgan fingerprint density at radius 3 is 2.22 bits per heavy atom. The van der Waals surface area contributed by atoms with Crippen LogP contribution in [0.4, 0.5) is 5.69 Å². The van der Waals surface area contributed by atoms with E-state index in [-0.39, 0.29) is 11.8 Å². The first-order chi connectivity index (χ1) is 13.1. The van der Waals surface area contributed by atoms with Crippen LogP contribution in [0.5, 0.6) is 0 Å². The van der Waals surface area contributed by atoms with Crippen LogP contribution in [-0.4, -0.2) is 41.5 Å². The van der Waals surface area contributed by atoms with Crippen molar-refractivity contribution in [3.63, 3.8) is 0 Å². The van der Waals surface area contributed by atoms with Gasteiger partial charge >= 0.3 is 5.97 Å². The predicted molar refractivity (Wildman–Crippen MR) is 106 cm³/mol. The molecule has 0 spiro atoms. The topological polar surface area (TPSA) is 60.9 Å². The summed E-state index contributed by atoms with van der Waals surface area (Å²) >= 11 is 0. The van der Waals surface area contributed by atoms with Gasteiger partial charge in [0, 0.05) is 37.4 Å². The van der Waals surface area contributed by atoms with Crippen LogP contribution >= 0.6 is 0 Å². The Kier molecular flexibility index (Phi) is 6.12. The minimum absolute atomic E-state index is 0.0171. The Balaban J connectivity index is 1.64. The molecule has 1 saturated heterocycles. The molecule has 0 saturated carbocycles. The second kappa shape index (κ2) is 8.71. The van der Waals surface area contributed by atoms with E-state index in [1.165, 1.54) is 5.56 Å². The summed E-state index contributed by atoms with van der Waals surface area (Å²) in [6.07, 6.45) is 1.06. The zero-order valence-electron chi connectivity index (χ0n) is 15.7. The van der Waals surface area contributed by atoms with Crippen molar-refractivity contribution in [1.82, 2.24) is 4.90 Å². The van der Waals surface area contributed by atoms with Crippen LogP contribution in [0.3, 0.4) is 0 Å². The van der Waals surface area contributed by atoms with Gasteiger partial charge in [0.15, 0.2) is 0 Å². The van der Waals surface area contributed by atoms with Crippen molar-refractivity contribution in [2.45, 2.75) is 26.3 Å². The molecule has 0 aliphatic carbocycles. The quantitative estimate of drug-likeness (QED) is 0.848. The molecule has 2 aromatic carbocycles. The minimum Gasteiger partial charge on any atom is -0.481 e. The monoisotopic (exact) mass is 366 g/mol. The number of carbonyl (C=O) groups is 2. The molecule has 1 aliphatic heterocycles. The minimum atomic E-state index is -0.760. The normalized spacial score (nSPS) is 14.8. The second-order valence-corrected chi connectivity index (χ2v) is 6.95. The van der Waals surface area contributed by atoms with Gasteiger partial charge < -0.3 is 14.9 Å². The van der Waals surface area contributed by atoms with Gasteiger partial charge in [0.2, 0.25) is 0 Å². The molecule has 5 heteroatoms. The van der Waals surface area contributed by atoms with Crippen molar-refractivity contribution < 1.29 is 14.7 Å². The second-order valence-electron chi connectivity index (χ2n) is 6.95. The SMILES string of the molecule is CCN(Cc1ccccc1)c1ccc(C(=O)N2CCC(C(=O)O)CC2)cc1. The fourth-order valence-electron chi connectivity index (χ4n) is 3.52. The Labute approximate surface area is 160 Å². The van der Waals surface area contributed by atoms with Gasteiger partial charge in [-0.15, -0.1) is 0 Å². The largest absolute Gasteiger partial charge is 0.481 e. The number of likely N-dealkylation sites (tertiary alicyclic amines) is 1. The van der Waals surface area contributed by atoms with Crippen molar-refractivity contribution in [3.8, 4) is 0 Å². The predicted octanol–water partition coefficient (Wildman–Crippen LogP) is 3.65. The Hall–Kier alpha value is -2.82. The number of benzene rings is 2. The summed E-state index contributed by atoms with van der Waals surface area (Å²) in [5.41, 5.74) is 2.99. The summed E-state index contributed by atoms with van der Waals surface area (Å²) in [5, 5.41) is 9.08. The molecular formula is C22H26N2O3. The van der Waals surface area contributed by atoms with Crippen molar-refractivity contribution in [3.05, 3.63) is 65.7 Å². The van der Waals surface area contributed by atoms with Gasteiger partial charge in [-0.1, -0.05) is 30.3 Å². The van der Waals surface area contributed by atoms with Crippen molar-refractivity contribution in [2.24, 2.45) is 5.92 Å². The van der Waals surface area contributed by atoms with E-state index >= 15 is 0 Å². The molecule has 27 heavy (non-hydrogen) atoms. The van der Waals surface area contributed by atoms with E-state index in [1.54, 1.807) is 4.90 Å². The molecule has 1 heterocycles. The number of carboxylic acids is 1. The number of piperidine rings is 1. The number of amides is 1. The lowest BCUT2D eigenvalue weighted by Crippen LogP contribution is -2.40. The lowest BCUT2D eigenvalue weighted by molar-refractivity contribution is -0.143. The van der Waals surface area contributed by atoms with Crippen LogP contribution in [0.15, 0.2) is 54.6 Å². The van der Waals surface area contributed by atoms with Gasteiger partial charge in [-0.25, -0.2) is 0 Å². The molecule has 3 rings (SSSR count). The molecule has 1 N–H and O–H groups in total. The fraction of sp³-hybridized carbons (Fsp3) is 0.364. The Bertz CT molecular complexity index is 766. The zero-order chi connectivity index (χ0) is 19.2. The van der Waals surface area contributed by atoms with Gasteiger partial charge in [-0.05, 0) is 49.6 Å². The number of anilines is 1. The maximum Gasteiger partial charge on any atom is 0.306 e. The number of hydrogen-bond acceptors (Lipinski definition) is 3. The number of hydrogen-bond donors (Lipinski definition) is 1. The number of rotatable bonds is 6. The molecule has 0 bridgehead atoms. The summed E-state index contributed by atoms with van der Waals surface area (Å²) in [4.78, 5) is 27.8. The molecule has 0 unspecified atom stereocenters. The average Bonchev–Trinajstić information content (AvgIpc) is 2.72. The lowest BCUT2D eigenvalue weighted by Gasteiger charge is -2.30. The number of carbonyl (C=O) groups excluding carboxylic acids is 1. The molecule has 1 fully saturated rings. The first-order valence-electron chi connectivity index (χ1n) is 9.49. The highest BCUT2D eigenvalue weighted by Crippen LogP contribution is 2.22. The van der Waals surface area contributed by atoms with Gasteiger partial charge in [0.05, 0.1) is 5.92 Å². The zero-order valence-corrected chi connectivity index (χ0v) is 15.7. The molecule has 1 amide bonds. The van der Waals surface area contributed by atoms with E-state index in [0.29, 0.717) is 31.5 Å². The average molecular weight is 366 g/mol. The first-order valence-corrected chi connectivity index (χ1v) is 9.49. The molecule has 1 aliphatic rings. The third-order valence-corrected chi connectivity index (χ3v) is 5.21. The van der Waals surface area contributed by atoms with Crippen LogP contribution in [0, 0.1) is 5.92 Å². The maximum atomic E-state index is 12.7. The lowest BCUT2D eigenvalue weighted by atomic mass is 9.96. The van der Waals surface area contributed by atoms with Crippen molar-refractivity contribution >= 4 is 17.6 Å². The molecule has 0 aromatic heterocycles. The first kappa shape index (κ1) is 19.0. The number of aliphatic carboxylic acids is 1. The molecule has 142 valence electrons. The van der Waals surface area contributed by atoms with E-state index in [1.807, 2.05) is 42.5 Å². The van der Waals surface area contributed by atoms with Gasteiger partial charge in [0.25, 0.3) is 5.91 Å². The highest BCUT2D eigenvalue weighted by Gasteiger charge is 2.27. The van der Waals surface area contributed by atoms with E-state index < -0.39 is 5.97 Å². The molecule has 5 nitrogen and oxygen atoms in total. The summed E-state index contributed by atoms with van der Waals surface area (Å²) in [7, 11) is 0. The summed E-state index contributed by atoms with van der Waals surface area (Å²) in [6, 6.07) is 18.0. The summed E-state index contributed by atoms with van der Waals surface area (Å²) in [6.45, 7) is 4.84. The van der Waals surface area contributed by atoms with Crippen LogP contribution in [0.1, 0.15) is 35.7 Å². The van der Waals surface area contributed by atoms with E-state index in [4.69, 9.17) is 5.11 Å². The number of carboxylic acid groups (broad SMARTS) is 1. The third-order valence-electron chi connectivity index (χ3n) is 5.21. The molecule has 2 aromatic rings.